The lowest BCUT2D eigenvalue weighted by atomic mass is 10.1. The molecule has 1 N–H and O–H groups in total. The maximum Gasteiger partial charge on any atom is 0.252 e. The Labute approximate surface area is 172 Å². The molecule has 0 bridgehead atoms. The number of fused-ring (bicyclic) bond motifs is 2. The van der Waals surface area contributed by atoms with Gasteiger partial charge in [-0.05, 0) is 17.7 Å². The van der Waals surface area contributed by atoms with Gasteiger partial charge in [-0.3, -0.25) is 14.8 Å². The number of hydrogen-bond donors (Lipinski definition) is 1. The molecule has 0 unspecified atom stereocenters. The van der Waals surface area contributed by atoms with Crippen LogP contribution in [0.15, 0.2) is 47.4 Å². The van der Waals surface area contributed by atoms with Crippen LogP contribution in [0, 0.1) is 0 Å². The third-order valence-electron chi connectivity index (χ3n) is 5.70. The predicted octanol–water partition coefficient (Wildman–Crippen LogP) is 2.79. The van der Waals surface area contributed by atoms with Gasteiger partial charge in [0.15, 0.2) is 0 Å². The van der Waals surface area contributed by atoms with Crippen LogP contribution < -0.4 is 10.5 Å². The molecule has 0 saturated carbocycles. The molecule has 1 aliphatic rings. The molecular formula is C21H21ClN6O. The molecule has 4 aromatic rings. The van der Waals surface area contributed by atoms with Crippen LogP contribution in [0.25, 0.3) is 21.9 Å². The van der Waals surface area contributed by atoms with Gasteiger partial charge in [0.05, 0.1) is 22.9 Å². The topological polar surface area (TPSA) is 70.1 Å². The van der Waals surface area contributed by atoms with E-state index in [1.807, 2.05) is 12.3 Å². The summed E-state index contributed by atoms with van der Waals surface area (Å²) >= 11 is 6.14. The summed E-state index contributed by atoms with van der Waals surface area (Å²) in [5.74, 6) is 0. The predicted molar refractivity (Wildman–Crippen MR) is 116 cm³/mol. The summed E-state index contributed by atoms with van der Waals surface area (Å²) in [6.07, 6.45) is 1.86. The summed E-state index contributed by atoms with van der Waals surface area (Å²) in [6, 6.07) is 11.5. The summed E-state index contributed by atoms with van der Waals surface area (Å²) < 4.78 is 1.61. The Bertz CT molecular complexity index is 1260. The highest BCUT2D eigenvalue weighted by Gasteiger charge is 2.21. The summed E-state index contributed by atoms with van der Waals surface area (Å²) in [6.45, 7) is 4.34. The van der Waals surface area contributed by atoms with Crippen LogP contribution in [-0.2, 0) is 13.6 Å². The molecular weight excluding hydrogens is 388 g/mol. The quantitative estimate of drug-likeness (QED) is 0.528. The van der Waals surface area contributed by atoms with E-state index in [4.69, 9.17) is 11.6 Å². The number of nitrogens with one attached hydrogen (secondary N) is 1. The largest absolute Gasteiger partial charge is 0.367 e. The van der Waals surface area contributed by atoms with Crippen molar-refractivity contribution in [2.75, 3.05) is 31.1 Å². The van der Waals surface area contributed by atoms with Crippen molar-refractivity contribution in [2.45, 2.75) is 6.54 Å². The van der Waals surface area contributed by atoms with Gasteiger partial charge in [0.2, 0.25) is 0 Å². The standard InChI is InChI=1S/C21H21ClN6O/c1-26-16-5-6-18(22)24-21(16)17(11-19(26)29)28-9-7-27(8-10-28)13-15-4-2-3-14-12-23-25-20(14)15/h2-6,11-12H,7-10,13H2,1H3,(H,23,25). The molecule has 4 heterocycles. The fourth-order valence-corrected chi connectivity index (χ4v) is 4.23. The van der Waals surface area contributed by atoms with Crippen molar-refractivity contribution in [3.05, 3.63) is 63.7 Å². The lowest BCUT2D eigenvalue weighted by Crippen LogP contribution is -2.46. The number of benzene rings is 1. The second kappa shape index (κ2) is 7.17. The smallest absolute Gasteiger partial charge is 0.252 e. The minimum Gasteiger partial charge on any atom is -0.367 e. The molecule has 1 aromatic carbocycles. The molecule has 148 valence electrons. The number of aryl methyl sites for hydroxylation is 1. The highest BCUT2D eigenvalue weighted by Crippen LogP contribution is 2.26. The average Bonchev–Trinajstić information content (AvgIpc) is 3.21. The molecule has 0 aliphatic carbocycles. The Morgan fingerprint density at radius 3 is 2.79 bits per heavy atom. The van der Waals surface area contributed by atoms with Crippen molar-refractivity contribution in [2.24, 2.45) is 7.05 Å². The van der Waals surface area contributed by atoms with Crippen LogP contribution in [0.4, 0.5) is 5.69 Å². The van der Waals surface area contributed by atoms with E-state index < -0.39 is 0 Å². The van der Waals surface area contributed by atoms with Crippen molar-refractivity contribution in [3.63, 3.8) is 0 Å². The zero-order valence-electron chi connectivity index (χ0n) is 16.1. The highest BCUT2D eigenvalue weighted by molar-refractivity contribution is 6.29. The number of nitrogens with zero attached hydrogens (tertiary/aromatic N) is 5. The maximum atomic E-state index is 12.4. The van der Waals surface area contributed by atoms with Gasteiger partial charge >= 0.3 is 0 Å². The number of para-hydroxylation sites is 1. The second-order valence-corrected chi connectivity index (χ2v) is 7.83. The van der Waals surface area contributed by atoms with Crippen LogP contribution in [0.5, 0.6) is 0 Å². The lowest BCUT2D eigenvalue weighted by Gasteiger charge is -2.36. The molecule has 3 aromatic heterocycles. The summed E-state index contributed by atoms with van der Waals surface area (Å²) in [5.41, 5.74) is 4.75. The molecule has 1 fully saturated rings. The van der Waals surface area contributed by atoms with Crippen LogP contribution in [0.2, 0.25) is 5.15 Å². The number of aromatic amines is 1. The Morgan fingerprint density at radius 2 is 1.97 bits per heavy atom. The Kier molecular flexibility index (Phi) is 4.49. The van der Waals surface area contributed by atoms with Gasteiger partial charge in [0.25, 0.3) is 5.56 Å². The zero-order valence-corrected chi connectivity index (χ0v) is 16.9. The third kappa shape index (κ3) is 3.26. The SMILES string of the molecule is Cn1c(=O)cc(N2CCN(Cc3cccc4cn[nH]c34)CC2)c2nc(Cl)ccc21. The van der Waals surface area contributed by atoms with Crippen molar-refractivity contribution in [1.82, 2.24) is 24.6 Å². The molecule has 8 heteroatoms. The van der Waals surface area contributed by atoms with Gasteiger partial charge < -0.3 is 9.47 Å². The highest BCUT2D eigenvalue weighted by atomic mass is 35.5. The van der Waals surface area contributed by atoms with E-state index in [1.165, 1.54) is 5.56 Å². The van der Waals surface area contributed by atoms with Gasteiger partial charge in [0, 0.05) is 51.2 Å². The lowest BCUT2D eigenvalue weighted by molar-refractivity contribution is 0.250. The first kappa shape index (κ1) is 18.1. The van der Waals surface area contributed by atoms with E-state index >= 15 is 0 Å². The molecule has 7 nitrogen and oxygen atoms in total. The van der Waals surface area contributed by atoms with Gasteiger partial charge in [-0.25, -0.2) is 4.98 Å². The maximum absolute atomic E-state index is 12.4. The fraction of sp³-hybridized carbons (Fsp3) is 0.286. The van der Waals surface area contributed by atoms with Crippen molar-refractivity contribution < 1.29 is 0 Å². The van der Waals surface area contributed by atoms with Crippen LogP contribution >= 0.6 is 11.6 Å². The van der Waals surface area contributed by atoms with Crippen LogP contribution in [0.3, 0.4) is 0 Å². The number of anilines is 1. The number of halogens is 1. The molecule has 0 atom stereocenters. The molecule has 0 spiro atoms. The molecule has 0 amide bonds. The minimum absolute atomic E-state index is 0.0371. The first-order chi connectivity index (χ1) is 14.1. The number of piperazine rings is 1. The van der Waals surface area contributed by atoms with Gasteiger partial charge in [-0.1, -0.05) is 29.8 Å². The summed E-state index contributed by atoms with van der Waals surface area (Å²) in [7, 11) is 1.76. The number of H-pyrrole nitrogens is 1. The molecule has 1 saturated heterocycles. The molecule has 5 rings (SSSR count). The number of rotatable bonds is 3. The van der Waals surface area contributed by atoms with E-state index in [1.54, 1.807) is 23.7 Å². The second-order valence-electron chi connectivity index (χ2n) is 7.44. The number of aromatic nitrogens is 4. The van der Waals surface area contributed by atoms with Crippen molar-refractivity contribution in [1.29, 1.82) is 0 Å². The first-order valence-electron chi connectivity index (χ1n) is 9.65. The Balaban J connectivity index is 1.38. The summed E-state index contributed by atoms with van der Waals surface area (Å²) in [5, 5.41) is 8.83. The van der Waals surface area contributed by atoms with Crippen LogP contribution in [-0.4, -0.2) is 50.8 Å². The number of hydrogen-bond acceptors (Lipinski definition) is 5. The minimum atomic E-state index is -0.0371. The van der Waals surface area contributed by atoms with E-state index in [0.717, 1.165) is 60.3 Å². The zero-order chi connectivity index (χ0) is 20.0. The summed E-state index contributed by atoms with van der Waals surface area (Å²) in [4.78, 5) is 21.6. The van der Waals surface area contributed by atoms with Crippen molar-refractivity contribution >= 4 is 39.2 Å². The van der Waals surface area contributed by atoms with Gasteiger partial charge in [-0.15, -0.1) is 0 Å². The van der Waals surface area contributed by atoms with Crippen LogP contribution in [0.1, 0.15) is 5.56 Å². The van der Waals surface area contributed by atoms with Gasteiger partial charge in [-0.2, -0.15) is 5.10 Å². The average molecular weight is 409 g/mol. The normalized spacial score (nSPS) is 15.4. The van der Waals surface area contributed by atoms with Crippen molar-refractivity contribution in [3.8, 4) is 0 Å². The number of pyridine rings is 2. The first-order valence-corrected chi connectivity index (χ1v) is 10.0. The van der Waals surface area contributed by atoms with Gasteiger partial charge in [0.1, 0.15) is 10.7 Å². The molecule has 29 heavy (non-hydrogen) atoms. The Hall–Kier alpha value is -2.90. The van der Waals surface area contributed by atoms with E-state index in [2.05, 4.69) is 43.2 Å². The Morgan fingerprint density at radius 1 is 1.14 bits per heavy atom. The van der Waals surface area contributed by atoms with E-state index in [9.17, 15) is 4.79 Å². The molecule has 0 radical (unpaired) electrons. The third-order valence-corrected chi connectivity index (χ3v) is 5.92. The van der Waals surface area contributed by atoms with E-state index in [0.29, 0.717) is 5.15 Å². The molecule has 1 aliphatic heterocycles. The van der Waals surface area contributed by atoms with E-state index in [-0.39, 0.29) is 5.56 Å². The monoisotopic (exact) mass is 408 g/mol. The fourth-order valence-electron chi connectivity index (χ4n) is 4.08.